The van der Waals surface area contributed by atoms with E-state index >= 15 is 0 Å². The van der Waals surface area contributed by atoms with Crippen molar-refractivity contribution in [1.82, 2.24) is 4.90 Å². The van der Waals surface area contributed by atoms with Gasteiger partial charge in [0.15, 0.2) is 0 Å². The van der Waals surface area contributed by atoms with Gasteiger partial charge in [-0.15, -0.1) is 0 Å². The van der Waals surface area contributed by atoms with Crippen LogP contribution in [0.4, 0.5) is 4.79 Å². The quantitative estimate of drug-likeness (QED) is 0.839. The van der Waals surface area contributed by atoms with Gasteiger partial charge in [-0.2, -0.15) is 0 Å². The molecule has 0 saturated carbocycles. The lowest BCUT2D eigenvalue weighted by atomic mass is 10.0. The van der Waals surface area contributed by atoms with Crippen LogP contribution in [0, 0.1) is 0 Å². The number of amides is 1. The standard InChI is InChI=1S/C15H21NO3/c1-11(2)19-15(17)16-9-5-8-14(16)12-6-4-7-13(10-12)18-3/h4,6-7,10-11,14H,5,8-9H2,1-3H3/t14-/m1/s1. The molecule has 104 valence electrons. The number of carbonyl (C=O) groups is 1. The Morgan fingerprint density at radius 2 is 2.21 bits per heavy atom. The van der Waals surface area contributed by atoms with E-state index in [0.29, 0.717) is 0 Å². The molecule has 1 aliphatic rings. The lowest BCUT2D eigenvalue weighted by molar-refractivity contribution is 0.0731. The molecule has 1 heterocycles. The monoisotopic (exact) mass is 263 g/mol. The molecule has 19 heavy (non-hydrogen) atoms. The highest BCUT2D eigenvalue weighted by molar-refractivity contribution is 5.69. The van der Waals surface area contributed by atoms with Crippen molar-refractivity contribution >= 4 is 6.09 Å². The molecule has 1 amide bonds. The number of methoxy groups -OCH3 is 1. The molecule has 4 nitrogen and oxygen atoms in total. The van der Waals surface area contributed by atoms with E-state index in [1.807, 2.05) is 43.0 Å². The van der Waals surface area contributed by atoms with Gasteiger partial charge < -0.3 is 14.4 Å². The normalized spacial score (nSPS) is 18.7. The Hall–Kier alpha value is -1.71. The zero-order chi connectivity index (χ0) is 13.8. The number of carbonyl (C=O) groups excluding carboxylic acids is 1. The minimum Gasteiger partial charge on any atom is -0.497 e. The van der Waals surface area contributed by atoms with Gasteiger partial charge in [-0.25, -0.2) is 4.79 Å². The van der Waals surface area contributed by atoms with Crippen molar-refractivity contribution < 1.29 is 14.3 Å². The topological polar surface area (TPSA) is 38.8 Å². The summed E-state index contributed by atoms with van der Waals surface area (Å²) in [7, 11) is 1.65. The molecule has 1 aliphatic heterocycles. The Kier molecular flexibility index (Phi) is 4.30. The zero-order valence-electron chi connectivity index (χ0n) is 11.8. The highest BCUT2D eigenvalue weighted by Crippen LogP contribution is 2.33. The molecule has 1 atom stereocenters. The van der Waals surface area contributed by atoms with E-state index in [9.17, 15) is 4.79 Å². The third-order valence-electron chi connectivity index (χ3n) is 3.30. The van der Waals surface area contributed by atoms with Crippen LogP contribution in [-0.2, 0) is 4.74 Å². The Balaban J connectivity index is 2.15. The number of hydrogen-bond donors (Lipinski definition) is 0. The predicted octanol–water partition coefficient (Wildman–Crippen LogP) is 3.38. The maximum Gasteiger partial charge on any atom is 0.410 e. The molecule has 0 aliphatic carbocycles. The Morgan fingerprint density at radius 3 is 2.89 bits per heavy atom. The third-order valence-corrected chi connectivity index (χ3v) is 3.30. The van der Waals surface area contributed by atoms with Gasteiger partial charge in [0.1, 0.15) is 5.75 Å². The summed E-state index contributed by atoms with van der Waals surface area (Å²) in [5.41, 5.74) is 1.11. The maximum absolute atomic E-state index is 12.1. The van der Waals surface area contributed by atoms with E-state index < -0.39 is 0 Å². The van der Waals surface area contributed by atoms with Gasteiger partial charge in [-0.1, -0.05) is 12.1 Å². The molecular formula is C15H21NO3. The predicted molar refractivity (Wildman–Crippen MR) is 73.3 cm³/mol. The number of nitrogens with zero attached hydrogens (tertiary/aromatic N) is 1. The van der Waals surface area contributed by atoms with Crippen molar-refractivity contribution in [2.24, 2.45) is 0 Å². The van der Waals surface area contributed by atoms with Crippen LogP contribution < -0.4 is 4.74 Å². The largest absolute Gasteiger partial charge is 0.497 e. The Bertz CT molecular complexity index is 445. The zero-order valence-corrected chi connectivity index (χ0v) is 11.8. The lowest BCUT2D eigenvalue weighted by Gasteiger charge is -2.25. The summed E-state index contributed by atoms with van der Waals surface area (Å²) in [5.74, 6) is 0.821. The fourth-order valence-corrected chi connectivity index (χ4v) is 2.45. The molecule has 0 bridgehead atoms. The van der Waals surface area contributed by atoms with Gasteiger partial charge in [0.05, 0.1) is 19.3 Å². The maximum atomic E-state index is 12.1. The molecule has 1 aromatic carbocycles. The molecule has 1 fully saturated rings. The van der Waals surface area contributed by atoms with Gasteiger partial charge in [0.2, 0.25) is 0 Å². The first-order chi connectivity index (χ1) is 9.11. The number of rotatable bonds is 3. The molecule has 4 heteroatoms. The second-order valence-corrected chi connectivity index (χ2v) is 5.06. The molecule has 2 rings (SSSR count). The van der Waals surface area contributed by atoms with Crippen molar-refractivity contribution in [2.75, 3.05) is 13.7 Å². The number of likely N-dealkylation sites (tertiary alicyclic amines) is 1. The summed E-state index contributed by atoms with van der Waals surface area (Å²) in [5, 5.41) is 0. The fraction of sp³-hybridized carbons (Fsp3) is 0.533. The summed E-state index contributed by atoms with van der Waals surface area (Å²) in [6, 6.07) is 7.99. The van der Waals surface area contributed by atoms with Crippen molar-refractivity contribution in [3.63, 3.8) is 0 Å². The van der Waals surface area contributed by atoms with E-state index in [2.05, 4.69) is 0 Å². The first-order valence-electron chi connectivity index (χ1n) is 6.73. The van der Waals surface area contributed by atoms with Crippen LogP contribution in [-0.4, -0.2) is 30.8 Å². The minimum absolute atomic E-state index is 0.0842. The minimum atomic E-state index is -0.222. The first kappa shape index (κ1) is 13.7. The van der Waals surface area contributed by atoms with E-state index in [4.69, 9.17) is 9.47 Å². The molecule has 0 aromatic heterocycles. The van der Waals surface area contributed by atoms with E-state index in [-0.39, 0.29) is 18.2 Å². The van der Waals surface area contributed by atoms with Crippen molar-refractivity contribution in [1.29, 1.82) is 0 Å². The van der Waals surface area contributed by atoms with Crippen LogP contribution in [0.5, 0.6) is 5.75 Å². The number of ether oxygens (including phenoxy) is 2. The van der Waals surface area contributed by atoms with Crippen molar-refractivity contribution in [2.45, 2.75) is 38.8 Å². The lowest BCUT2D eigenvalue weighted by Crippen LogP contribution is -2.32. The second kappa shape index (κ2) is 5.95. The number of hydrogen-bond acceptors (Lipinski definition) is 3. The summed E-state index contributed by atoms with van der Waals surface area (Å²) >= 11 is 0. The molecule has 0 N–H and O–H groups in total. The van der Waals surface area contributed by atoms with Crippen LogP contribution in [0.2, 0.25) is 0 Å². The summed E-state index contributed by atoms with van der Waals surface area (Å²) in [6.07, 6.45) is 1.68. The van der Waals surface area contributed by atoms with Crippen LogP contribution in [0.25, 0.3) is 0 Å². The van der Waals surface area contributed by atoms with Crippen molar-refractivity contribution in [3.05, 3.63) is 29.8 Å². The van der Waals surface area contributed by atoms with Gasteiger partial charge in [0, 0.05) is 6.54 Å². The SMILES string of the molecule is COc1cccc([C@H]2CCCN2C(=O)OC(C)C)c1. The Labute approximate surface area is 114 Å². The average Bonchev–Trinajstić information content (AvgIpc) is 2.87. The number of benzene rings is 1. The van der Waals surface area contributed by atoms with Crippen LogP contribution in [0.15, 0.2) is 24.3 Å². The first-order valence-corrected chi connectivity index (χ1v) is 6.73. The third kappa shape index (κ3) is 3.19. The molecule has 1 aromatic rings. The van der Waals surface area contributed by atoms with Crippen molar-refractivity contribution in [3.8, 4) is 5.75 Å². The second-order valence-electron chi connectivity index (χ2n) is 5.06. The van der Waals surface area contributed by atoms with Gasteiger partial charge >= 0.3 is 6.09 Å². The van der Waals surface area contributed by atoms with Gasteiger partial charge in [-0.05, 0) is 44.4 Å². The summed E-state index contributed by atoms with van der Waals surface area (Å²) in [4.78, 5) is 13.9. The smallest absolute Gasteiger partial charge is 0.410 e. The van der Waals surface area contributed by atoms with Gasteiger partial charge in [0.25, 0.3) is 0 Å². The summed E-state index contributed by atoms with van der Waals surface area (Å²) in [6.45, 7) is 4.50. The van der Waals surface area contributed by atoms with Crippen LogP contribution in [0.1, 0.15) is 38.3 Å². The van der Waals surface area contributed by atoms with Gasteiger partial charge in [-0.3, -0.25) is 0 Å². The highest BCUT2D eigenvalue weighted by atomic mass is 16.6. The molecule has 0 radical (unpaired) electrons. The molecule has 0 unspecified atom stereocenters. The molecular weight excluding hydrogens is 242 g/mol. The summed E-state index contributed by atoms with van der Waals surface area (Å²) < 4.78 is 10.5. The van der Waals surface area contributed by atoms with Crippen LogP contribution >= 0.6 is 0 Å². The van der Waals surface area contributed by atoms with E-state index in [1.54, 1.807) is 7.11 Å². The van der Waals surface area contributed by atoms with Crippen LogP contribution in [0.3, 0.4) is 0 Å². The molecule has 0 spiro atoms. The average molecular weight is 263 g/mol. The molecule has 1 saturated heterocycles. The highest BCUT2D eigenvalue weighted by Gasteiger charge is 2.31. The Morgan fingerprint density at radius 1 is 1.42 bits per heavy atom. The van der Waals surface area contributed by atoms with E-state index in [1.165, 1.54) is 0 Å². The fourth-order valence-electron chi connectivity index (χ4n) is 2.45. The van der Waals surface area contributed by atoms with E-state index in [0.717, 1.165) is 30.7 Å².